The molecule has 4 aliphatic rings. The minimum absolute atomic E-state index is 0.141. The van der Waals surface area contributed by atoms with Gasteiger partial charge in [-0.05, 0) is 178 Å². The summed E-state index contributed by atoms with van der Waals surface area (Å²) in [7, 11) is 2.60. The van der Waals surface area contributed by atoms with Crippen molar-refractivity contribution in [2.45, 2.75) is 166 Å². The molecule has 0 bridgehead atoms. The number of fused-ring (bicyclic) bond motifs is 4. The fraction of sp³-hybridized carbons (Fsp3) is 0.529. The molecule has 0 fully saturated rings. The van der Waals surface area contributed by atoms with E-state index < -0.39 is 24.4 Å². The highest BCUT2D eigenvalue weighted by Crippen LogP contribution is 2.33. The average molecular weight is 915 g/mol. The predicted molar refractivity (Wildman–Crippen MR) is 244 cm³/mol. The molecule has 4 aromatic rings. The molecule has 4 aliphatic heterocycles. The molecule has 8 nitrogen and oxygen atoms in total. The summed E-state index contributed by atoms with van der Waals surface area (Å²) < 4.78 is 74.6. The number of ether oxygens (including phenoxy) is 4. The van der Waals surface area contributed by atoms with Gasteiger partial charge in [-0.25, -0.2) is 17.6 Å². The van der Waals surface area contributed by atoms with Crippen LogP contribution in [0, 0.1) is 23.3 Å². The van der Waals surface area contributed by atoms with E-state index in [-0.39, 0.29) is 47.7 Å². The van der Waals surface area contributed by atoms with E-state index in [0.29, 0.717) is 29.4 Å². The van der Waals surface area contributed by atoms with Crippen LogP contribution in [0.5, 0.6) is 23.0 Å². The molecule has 0 amide bonds. The molecule has 4 aromatic carbocycles. The second kappa shape index (κ2) is 25.7. The van der Waals surface area contributed by atoms with Gasteiger partial charge in [-0.3, -0.25) is 0 Å². The van der Waals surface area contributed by atoms with E-state index in [4.69, 9.17) is 18.9 Å². The van der Waals surface area contributed by atoms with E-state index in [1.165, 1.54) is 48.5 Å². The molecule has 4 N–H and O–H groups in total. The SMILES string of the molecule is CCC[C@@H](O)[C@@H]1CCc2cc(F)ccc2O1.CCC[C@@H](O)[C@H]1CCc2cc(F)ccc2O1.CCC[C@H](O)[C@@H]1CCc2cc(F)ccc2O1.O[C@@H](CCP)[C@H]1CCc2cc(F)ccc2O1. The lowest BCUT2D eigenvalue weighted by atomic mass is 9.97. The third-order valence-electron chi connectivity index (χ3n) is 11.9. The van der Waals surface area contributed by atoms with Crippen molar-refractivity contribution >= 4 is 9.24 Å². The zero-order valence-corrected chi connectivity index (χ0v) is 38.5. The Morgan fingerprint density at radius 3 is 0.891 bits per heavy atom. The number of hydrogen-bond donors (Lipinski definition) is 4. The van der Waals surface area contributed by atoms with Crippen LogP contribution in [0.15, 0.2) is 72.8 Å². The molecule has 1 unspecified atom stereocenters. The molecule has 352 valence electrons. The van der Waals surface area contributed by atoms with Crippen molar-refractivity contribution in [3.05, 3.63) is 118 Å². The lowest BCUT2D eigenvalue weighted by molar-refractivity contribution is 0.0186. The maximum absolute atomic E-state index is 13.0. The van der Waals surface area contributed by atoms with Crippen LogP contribution in [-0.2, 0) is 25.7 Å². The van der Waals surface area contributed by atoms with Crippen LogP contribution >= 0.6 is 9.24 Å². The standard InChI is InChI=1S/3C13H17FO2.C12H16FO2P/c3*1-2-3-11(15)13-6-4-9-8-10(14)5-7-12(9)16-13;13-9-2-4-11-8(7-9)1-3-12(15-11)10(14)5-6-16/h3*5,7-8,11,13,15H,2-4,6H2,1H3;2,4,7,10,12,14H,1,3,5-6,16H2/t11-,13+;2*11-,13-;10-,12+/m1100/s1. The molecule has 0 aliphatic carbocycles. The topological polar surface area (TPSA) is 118 Å². The number of halogens is 4. The minimum atomic E-state index is -0.435. The summed E-state index contributed by atoms with van der Waals surface area (Å²) in [6.07, 6.45) is 10.5. The summed E-state index contributed by atoms with van der Waals surface area (Å²) in [4.78, 5) is 0. The molecule has 0 saturated heterocycles. The van der Waals surface area contributed by atoms with Crippen LogP contribution in [0.3, 0.4) is 0 Å². The van der Waals surface area contributed by atoms with Gasteiger partial charge in [0.05, 0.1) is 24.4 Å². The van der Waals surface area contributed by atoms with Crippen molar-refractivity contribution < 1.29 is 56.9 Å². The third-order valence-corrected chi connectivity index (χ3v) is 12.3. The number of benzene rings is 4. The number of rotatable bonds is 12. The van der Waals surface area contributed by atoms with Crippen LogP contribution in [0.2, 0.25) is 0 Å². The van der Waals surface area contributed by atoms with Gasteiger partial charge < -0.3 is 39.4 Å². The summed E-state index contributed by atoms with van der Waals surface area (Å²) in [5.41, 5.74) is 3.61. The normalized spacial score (nSPS) is 21.1. The Morgan fingerprint density at radius 1 is 0.438 bits per heavy atom. The first-order valence-electron chi connectivity index (χ1n) is 23.0. The van der Waals surface area contributed by atoms with Gasteiger partial charge in [0, 0.05) is 0 Å². The minimum Gasteiger partial charge on any atom is -0.487 e. The maximum Gasteiger partial charge on any atom is 0.125 e. The monoisotopic (exact) mass is 914 g/mol. The average Bonchev–Trinajstić information content (AvgIpc) is 3.29. The highest BCUT2D eigenvalue weighted by Gasteiger charge is 2.29. The summed E-state index contributed by atoms with van der Waals surface area (Å²) in [6.45, 7) is 6.11. The first-order chi connectivity index (χ1) is 30.8. The van der Waals surface area contributed by atoms with Crippen molar-refractivity contribution in [2.24, 2.45) is 0 Å². The van der Waals surface area contributed by atoms with E-state index >= 15 is 0 Å². The Kier molecular flexibility index (Phi) is 20.5. The molecule has 13 heteroatoms. The van der Waals surface area contributed by atoms with Crippen molar-refractivity contribution in [3.63, 3.8) is 0 Å². The van der Waals surface area contributed by atoms with E-state index in [9.17, 15) is 38.0 Å². The first-order valence-corrected chi connectivity index (χ1v) is 23.9. The molecule has 8 rings (SSSR count). The van der Waals surface area contributed by atoms with Crippen LogP contribution in [0.4, 0.5) is 17.6 Å². The smallest absolute Gasteiger partial charge is 0.125 e. The van der Waals surface area contributed by atoms with Gasteiger partial charge >= 0.3 is 0 Å². The second-order valence-electron chi connectivity index (χ2n) is 17.0. The number of aliphatic hydroxyl groups excluding tert-OH is 4. The summed E-state index contributed by atoms with van der Waals surface area (Å²) in [6, 6.07) is 18.2. The van der Waals surface area contributed by atoms with Crippen molar-refractivity contribution in [2.75, 3.05) is 6.16 Å². The number of aryl methyl sites for hydroxylation is 4. The fourth-order valence-corrected chi connectivity index (χ4v) is 8.74. The largest absolute Gasteiger partial charge is 0.487 e. The maximum atomic E-state index is 13.0. The van der Waals surface area contributed by atoms with Gasteiger partial charge in [0.2, 0.25) is 0 Å². The van der Waals surface area contributed by atoms with Crippen LogP contribution in [0.25, 0.3) is 0 Å². The van der Waals surface area contributed by atoms with E-state index in [0.717, 1.165) is 118 Å². The van der Waals surface area contributed by atoms with Gasteiger partial charge in [-0.2, -0.15) is 0 Å². The van der Waals surface area contributed by atoms with Crippen molar-refractivity contribution in [3.8, 4) is 23.0 Å². The van der Waals surface area contributed by atoms with Gasteiger partial charge in [0.25, 0.3) is 0 Å². The molecule has 0 saturated carbocycles. The Bertz CT molecular complexity index is 1750. The summed E-state index contributed by atoms with van der Waals surface area (Å²) >= 11 is 0. The molecule has 0 radical (unpaired) electrons. The van der Waals surface area contributed by atoms with Crippen LogP contribution in [0.1, 0.15) is 114 Å². The zero-order valence-electron chi connectivity index (χ0n) is 37.4. The highest BCUT2D eigenvalue weighted by atomic mass is 31.0. The zero-order chi connectivity index (χ0) is 46.2. The number of aliphatic hydroxyl groups is 4. The van der Waals surface area contributed by atoms with E-state index in [2.05, 4.69) is 9.24 Å². The Labute approximate surface area is 378 Å². The van der Waals surface area contributed by atoms with Gasteiger partial charge in [-0.1, -0.05) is 40.0 Å². The van der Waals surface area contributed by atoms with Crippen LogP contribution < -0.4 is 18.9 Å². The fourth-order valence-electron chi connectivity index (χ4n) is 8.40. The molecular formula is C51H67F4O8P. The molecule has 0 spiro atoms. The second-order valence-corrected chi connectivity index (χ2v) is 17.6. The molecule has 64 heavy (non-hydrogen) atoms. The van der Waals surface area contributed by atoms with Crippen molar-refractivity contribution in [1.29, 1.82) is 0 Å². The summed E-state index contributed by atoms with van der Waals surface area (Å²) in [5, 5.41) is 39.4. The van der Waals surface area contributed by atoms with Crippen molar-refractivity contribution in [1.82, 2.24) is 0 Å². The quantitative estimate of drug-likeness (QED) is 0.0820. The Balaban J connectivity index is 0.000000161. The van der Waals surface area contributed by atoms with Gasteiger partial charge in [0.1, 0.15) is 70.7 Å². The van der Waals surface area contributed by atoms with Crippen LogP contribution in [-0.4, -0.2) is 75.4 Å². The van der Waals surface area contributed by atoms with E-state index in [1.54, 1.807) is 24.3 Å². The first kappa shape index (κ1) is 51.1. The van der Waals surface area contributed by atoms with E-state index in [1.807, 2.05) is 20.8 Å². The molecular weight excluding hydrogens is 848 g/mol. The molecule has 0 aromatic heterocycles. The predicted octanol–water partition coefficient (Wildman–Crippen LogP) is 10.2. The highest BCUT2D eigenvalue weighted by molar-refractivity contribution is 7.16. The third kappa shape index (κ3) is 15.1. The molecule has 9 atom stereocenters. The summed E-state index contributed by atoms with van der Waals surface area (Å²) in [5.74, 6) is 1.94. The van der Waals surface area contributed by atoms with Gasteiger partial charge in [0.15, 0.2) is 0 Å². The lowest BCUT2D eigenvalue weighted by Crippen LogP contribution is -2.35. The lowest BCUT2D eigenvalue weighted by Gasteiger charge is -2.29. The van der Waals surface area contributed by atoms with Gasteiger partial charge in [-0.15, -0.1) is 9.24 Å². The Morgan fingerprint density at radius 2 is 0.672 bits per heavy atom. The molecule has 4 heterocycles. The Hall–Kier alpha value is -3.93. The number of hydrogen-bond acceptors (Lipinski definition) is 8.